The van der Waals surface area contributed by atoms with Crippen molar-refractivity contribution in [2.75, 3.05) is 18.0 Å². The van der Waals surface area contributed by atoms with E-state index in [2.05, 4.69) is 11.0 Å². The van der Waals surface area contributed by atoms with Crippen LogP contribution in [0.5, 0.6) is 0 Å². The van der Waals surface area contributed by atoms with E-state index < -0.39 is 0 Å². The SMILES string of the molecule is Cc1cc(N2CCC3(CCC[C@H]3N)CC2)c(CO)nc1-c1cccc(Cl)c1Cl. The number of benzene rings is 1. The summed E-state index contributed by atoms with van der Waals surface area (Å²) in [5.41, 5.74) is 11.0. The summed E-state index contributed by atoms with van der Waals surface area (Å²) in [6.45, 7) is 3.84. The minimum absolute atomic E-state index is 0.109. The molecular formula is C22H27Cl2N3O. The molecule has 1 atom stereocenters. The normalized spacial score (nSPS) is 21.5. The molecule has 3 N–H and O–H groups in total. The van der Waals surface area contributed by atoms with Gasteiger partial charge in [-0.05, 0) is 55.7 Å². The average Bonchev–Trinajstić information content (AvgIpc) is 3.04. The lowest BCUT2D eigenvalue weighted by Crippen LogP contribution is -2.47. The van der Waals surface area contributed by atoms with Crippen LogP contribution in [0.25, 0.3) is 11.3 Å². The van der Waals surface area contributed by atoms with Crippen molar-refractivity contribution in [3.05, 3.63) is 45.6 Å². The number of piperidine rings is 1. The zero-order valence-electron chi connectivity index (χ0n) is 16.2. The Morgan fingerprint density at radius 1 is 1.25 bits per heavy atom. The molecule has 2 fully saturated rings. The number of aliphatic hydroxyl groups excluding tert-OH is 1. The Balaban J connectivity index is 1.64. The molecule has 1 saturated carbocycles. The largest absolute Gasteiger partial charge is 0.390 e. The highest BCUT2D eigenvalue weighted by Gasteiger charge is 2.43. The van der Waals surface area contributed by atoms with Gasteiger partial charge in [-0.2, -0.15) is 0 Å². The molecule has 1 aliphatic heterocycles. The van der Waals surface area contributed by atoms with Crippen LogP contribution in [0.2, 0.25) is 10.0 Å². The molecule has 28 heavy (non-hydrogen) atoms. The molecule has 1 saturated heterocycles. The second kappa shape index (κ2) is 7.83. The Hall–Kier alpha value is -1.33. The van der Waals surface area contributed by atoms with Crippen molar-refractivity contribution < 1.29 is 5.11 Å². The molecule has 2 aliphatic rings. The maximum atomic E-state index is 10.0. The smallest absolute Gasteiger partial charge is 0.0898 e. The fourth-order valence-electron chi connectivity index (χ4n) is 4.97. The quantitative estimate of drug-likeness (QED) is 0.737. The zero-order valence-corrected chi connectivity index (χ0v) is 17.7. The maximum Gasteiger partial charge on any atom is 0.0898 e. The molecule has 0 unspecified atom stereocenters. The van der Waals surface area contributed by atoms with Crippen LogP contribution in [-0.4, -0.2) is 29.2 Å². The van der Waals surface area contributed by atoms with E-state index in [1.165, 1.54) is 12.8 Å². The van der Waals surface area contributed by atoms with Crippen LogP contribution >= 0.6 is 23.2 Å². The van der Waals surface area contributed by atoms with Gasteiger partial charge in [0.2, 0.25) is 0 Å². The second-order valence-corrected chi connectivity index (χ2v) is 9.01. The van der Waals surface area contributed by atoms with Crippen molar-refractivity contribution in [2.24, 2.45) is 11.1 Å². The third-order valence-corrected chi connectivity index (χ3v) is 7.52. The number of nitrogens with two attached hydrogens (primary N) is 1. The number of aliphatic hydroxyl groups is 1. The summed E-state index contributed by atoms with van der Waals surface area (Å²) < 4.78 is 0. The summed E-state index contributed by atoms with van der Waals surface area (Å²) in [5.74, 6) is 0. The first-order valence-electron chi connectivity index (χ1n) is 10.0. The molecule has 0 amide bonds. The van der Waals surface area contributed by atoms with Gasteiger partial charge >= 0.3 is 0 Å². The number of anilines is 1. The molecule has 1 aromatic carbocycles. The topological polar surface area (TPSA) is 62.4 Å². The van der Waals surface area contributed by atoms with Crippen LogP contribution in [0.15, 0.2) is 24.3 Å². The monoisotopic (exact) mass is 419 g/mol. The Morgan fingerprint density at radius 2 is 2.00 bits per heavy atom. The van der Waals surface area contributed by atoms with Gasteiger partial charge in [-0.3, -0.25) is 0 Å². The summed E-state index contributed by atoms with van der Waals surface area (Å²) in [7, 11) is 0. The molecule has 1 aliphatic carbocycles. The van der Waals surface area contributed by atoms with E-state index in [1.54, 1.807) is 6.07 Å². The van der Waals surface area contributed by atoms with Crippen molar-refractivity contribution >= 4 is 28.9 Å². The number of aromatic nitrogens is 1. The Labute approximate surface area is 176 Å². The van der Waals surface area contributed by atoms with Crippen LogP contribution < -0.4 is 10.6 Å². The van der Waals surface area contributed by atoms with E-state index >= 15 is 0 Å². The maximum absolute atomic E-state index is 10.0. The molecular weight excluding hydrogens is 393 g/mol. The molecule has 2 heterocycles. The highest BCUT2D eigenvalue weighted by atomic mass is 35.5. The van der Waals surface area contributed by atoms with Crippen molar-refractivity contribution in [2.45, 2.75) is 51.7 Å². The Bertz CT molecular complexity index is 878. The van der Waals surface area contributed by atoms with E-state index in [-0.39, 0.29) is 6.61 Å². The number of hydrogen-bond donors (Lipinski definition) is 2. The first-order valence-corrected chi connectivity index (χ1v) is 10.8. The van der Waals surface area contributed by atoms with Crippen molar-refractivity contribution in [3.63, 3.8) is 0 Å². The molecule has 2 aromatic rings. The lowest BCUT2D eigenvalue weighted by atomic mass is 9.74. The first-order chi connectivity index (χ1) is 13.4. The summed E-state index contributed by atoms with van der Waals surface area (Å²) in [5, 5.41) is 11.0. The van der Waals surface area contributed by atoms with Crippen molar-refractivity contribution in [3.8, 4) is 11.3 Å². The number of hydrogen-bond acceptors (Lipinski definition) is 4. The first kappa shape index (κ1) is 20.0. The summed E-state index contributed by atoms with van der Waals surface area (Å²) in [6.07, 6.45) is 5.87. The molecule has 4 rings (SSSR count). The van der Waals surface area contributed by atoms with E-state index in [1.807, 2.05) is 19.1 Å². The molecule has 0 radical (unpaired) electrons. The van der Waals surface area contributed by atoms with E-state index in [4.69, 9.17) is 33.9 Å². The summed E-state index contributed by atoms with van der Waals surface area (Å²) in [6, 6.07) is 8.00. The van der Waals surface area contributed by atoms with Gasteiger partial charge in [-0.15, -0.1) is 0 Å². The molecule has 150 valence electrons. The fraction of sp³-hybridized carbons (Fsp3) is 0.500. The van der Waals surface area contributed by atoms with Gasteiger partial charge in [0.25, 0.3) is 0 Å². The average molecular weight is 420 g/mol. The molecule has 1 aromatic heterocycles. The van der Waals surface area contributed by atoms with Crippen LogP contribution in [0, 0.1) is 12.3 Å². The third kappa shape index (κ3) is 3.41. The van der Waals surface area contributed by atoms with Crippen LogP contribution in [-0.2, 0) is 6.61 Å². The molecule has 4 nitrogen and oxygen atoms in total. The zero-order chi connectivity index (χ0) is 19.9. The lowest BCUT2D eigenvalue weighted by molar-refractivity contribution is 0.197. The highest BCUT2D eigenvalue weighted by molar-refractivity contribution is 6.43. The Kier molecular flexibility index (Phi) is 5.58. The van der Waals surface area contributed by atoms with Gasteiger partial charge in [0.15, 0.2) is 0 Å². The summed E-state index contributed by atoms with van der Waals surface area (Å²) in [4.78, 5) is 7.14. The van der Waals surface area contributed by atoms with Crippen LogP contribution in [0.3, 0.4) is 0 Å². The highest BCUT2D eigenvalue weighted by Crippen LogP contribution is 2.46. The third-order valence-electron chi connectivity index (χ3n) is 6.70. The van der Waals surface area contributed by atoms with Crippen LogP contribution in [0.4, 0.5) is 5.69 Å². The number of aryl methyl sites for hydroxylation is 1. The van der Waals surface area contributed by atoms with Gasteiger partial charge in [0.1, 0.15) is 0 Å². The van der Waals surface area contributed by atoms with Gasteiger partial charge in [0.05, 0.1) is 33.7 Å². The van der Waals surface area contributed by atoms with Gasteiger partial charge < -0.3 is 15.7 Å². The predicted octanol–water partition coefficient (Wildman–Crippen LogP) is 4.95. The summed E-state index contributed by atoms with van der Waals surface area (Å²) >= 11 is 12.6. The minimum atomic E-state index is -0.109. The fourth-order valence-corrected chi connectivity index (χ4v) is 5.36. The lowest BCUT2D eigenvalue weighted by Gasteiger charge is -2.43. The standard InChI is InChI=1S/C22H27Cl2N3O/c1-14-12-18(27-10-8-22(9-11-27)7-3-6-19(22)25)17(13-28)26-21(14)15-4-2-5-16(23)20(15)24/h2,4-5,12,19,28H,3,6-11,13,25H2,1H3/t19-/m1/s1. The number of halogens is 2. The second-order valence-electron chi connectivity index (χ2n) is 8.23. The van der Waals surface area contributed by atoms with E-state index in [0.29, 0.717) is 27.2 Å². The number of nitrogens with zero attached hydrogens (tertiary/aromatic N) is 2. The predicted molar refractivity (Wildman–Crippen MR) is 116 cm³/mol. The van der Waals surface area contributed by atoms with Gasteiger partial charge in [-0.25, -0.2) is 4.98 Å². The number of pyridine rings is 1. The Morgan fingerprint density at radius 3 is 2.64 bits per heavy atom. The molecule has 1 spiro atoms. The van der Waals surface area contributed by atoms with E-state index in [0.717, 1.165) is 54.9 Å². The van der Waals surface area contributed by atoms with Gasteiger partial charge in [0, 0.05) is 24.7 Å². The minimum Gasteiger partial charge on any atom is -0.390 e. The molecule has 6 heteroatoms. The molecule has 0 bridgehead atoms. The van der Waals surface area contributed by atoms with Crippen LogP contribution in [0.1, 0.15) is 43.4 Å². The van der Waals surface area contributed by atoms with E-state index in [9.17, 15) is 5.11 Å². The van der Waals surface area contributed by atoms with Crippen molar-refractivity contribution in [1.82, 2.24) is 4.98 Å². The van der Waals surface area contributed by atoms with Gasteiger partial charge in [-0.1, -0.05) is 41.8 Å². The number of rotatable bonds is 3. The van der Waals surface area contributed by atoms with Crippen molar-refractivity contribution in [1.29, 1.82) is 0 Å².